The summed E-state index contributed by atoms with van der Waals surface area (Å²) in [6, 6.07) is 7.17. The molecule has 1 heterocycles. The van der Waals surface area contributed by atoms with E-state index in [-0.39, 0.29) is 17.5 Å². The zero-order valence-electron chi connectivity index (χ0n) is 11.1. The molecular formula is C13H13N3O4S. The van der Waals surface area contributed by atoms with E-state index >= 15 is 0 Å². The summed E-state index contributed by atoms with van der Waals surface area (Å²) in [4.78, 5) is 22.3. The van der Waals surface area contributed by atoms with Gasteiger partial charge in [0.25, 0.3) is 0 Å². The van der Waals surface area contributed by atoms with E-state index in [1.54, 1.807) is 31.4 Å². The van der Waals surface area contributed by atoms with Crippen LogP contribution < -0.4 is 10.1 Å². The second-order valence-corrected chi connectivity index (χ2v) is 5.31. The van der Waals surface area contributed by atoms with Gasteiger partial charge in [-0.25, -0.2) is 0 Å². The Morgan fingerprint density at radius 1 is 1.48 bits per heavy atom. The van der Waals surface area contributed by atoms with E-state index < -0.39 is 11.2 Å². The molecule has 2 N–H and O–H groups in total. The molecule has 7 nitrogen and oxygen atoms in total. The van der Waals surface area contributed by atoms with Crippen LogP contribution >= 0.6 is 11.8 Å². The second-order valence-electron chi connectivity index (χ2n) is 4.12. The molecule has 1 atom stereocenters. The van der Waals surface area contributed by atoms with Gasteiger partial charge in [0.1, 0.15) is 11.0 Å². The number of carbonyl (C=O) groups excluding carboxylic acids is 1. The summed E-state index contributed by atoms with van der Waals surface area (Å²) in [5, 5.41) is 18.4. The van der Waals surface area contributed by atoms with Gasteiger partial charge in [0.15, 0.2) is 5.17 Å². The van der Waals surface area contributed by atoms with Crippen molar-refractivity contribution in [3.05, 3.63) is 29.8 Å². The molecule has 1 aliphatic heterocycles. The number of nitrogens with one attached hydrogen (secondary N) is 1. The topological polar surface area (TPSA) is 100 Å². The van der Waals surface area contributed by atoms with Crippen LogP contribution in [0, 0.1) is 0 Å². The van der Waals surface area contributed by atoms with Crippen molar-refractivity contribution >= 4 is 35.0 Å². The molecule has 0 bridgehead atoms. The van der Waals surface area contributed by atoms with Crippen molar-refractivity contribution in [3.63, 3.8) is 0 Å². The minimum atomic E-state index is -1.04. The van der Waals surface area contributed by atoms with Crippen molar-refractivity contribution in [1.29, 1.82) is 0 Å². The van der Waals surface area contributed by atoms with E-state index in [0.29, 0.717) is 0 Å². The van der Waals surface area contributed by atoms with Crippen LogP contribution in [0.5, 0.6) is 5.75 Å². The van der Waals surface area contributed by atoms with Gasteiger partial charge in [-0.15, -0.1) is 5.10 Å². The number of carbonyl (C=O) groups is 2. The van der Waals surface area contributed by atoms with Gasteiger partial charge in [0.2, 0.25) is 5.91 Å². The molecular weight excluding hydrogens is 294 g/mol. The number of hydrogen-bond donors (Lipinski definition) is 2. The molecule has 1 fully saturated rings. The van der Waals surface area contributed by atoms with Crippen LogP contribution in [0.4, 0.5) is 0 Å². The van der Waals surface area contributed by atoms with Crippen LogP contribution in [0.2, 0.25) is 0 Å². The molecule has 110 valence electrons. The number of methoxy groups -OCH3 is 1. The second kappa shape index (κ2) is 6.89. The molecule has 0 saturated carbocycles. The number of benzene rings is 1. The van der Waals surface area contributed by atoms with E-state index in [1.807, 2.05) is 0 Å². The zero-order valence-corrected chi connectivity index (χ0v) is 12.0. The first kappa shape index (κ1) is 15.0. The predicted molar refractivity (Wildman–Crippen MR) is 79.8 cm³/mol. The molecule has 1 aliphatic rings. The Labute approximate surface area is 125 Å². The third-order valence-electron chi connectivity index (χ3n) is 2.62. The highest BCUT2D eigenvalue weighted by atomic mass is 32.2. The molecule has 0 aromatic heterocycles. The Hall–Kier alpha value is -2.35. The smallest absolute Gasteiger partial charge is 0.317 e. The summed E-state index contributed by atoms with van der Waals surface area (Å²) in [6.45, 7) is 0. The van der Waals surface area contributed by atoms with Gasteiger partial charge < -0.3 is 15.2 Å². The fraction of sp³-hybridized carbons (Fsp3) is 0.231. The first-order valence-corrected chi connectivity index (χ1v) is 6.91. The number of rotatable bonds is 4. The zero-order chi connectivity index (χ0) is 15.2. The van der Waals surface area contributed by atoms with Crippen molar-refractivity contribution in [2.45, 2.75) is 11.7 Å². The number of nitrogens with zero attached hydrogens (tertiary/aromatic N) is 2. The molecule has 0 aliphatic carbocycles. The lowest BCUT2D eigenvalue weighted by atomic mass is 10.2. The molecule has 1 amide bonds. The maximum atomic E-state index is 11.4. The van der Waals surface area contributed by atoms with Crippen LogP contribution in [0.1, 0.15) is 12.0 Å². The summed E-state index contributed by atoms with van der Waals surface area (Å²) in [5.41, 5.74) is 0.807. The maximum absolute atomic E-state index is 11.4. The summed E-state index contributed by atoms with van der Waals surface area (Å²) >= 11 is 0.969. The van der Waals surface area contributed by atoms with Gasteiger partial charge in [0, 0.05) is 6.42 Å². The molecule has 0 spiro atoms. The van der Waals surface area contributed by atoms with Gasteiger partial charge in [-0.2, -0.15) is 5.10 Å². The van der Waals surface area contributed by atoms with Gasteiger partial charge in [0.05, 0.1) is 13.3 Å². The van der Waals surface area contributed by atoms with Crippen LogP contribution in [0.3, 0.4) is 0 Å². The predicted octanol–water partition coefficient (Wildman–Crippen LogP) is 1.09. The quantitative estimate of drug-likeness (QED) is 0.640. The minimum Gasteiger partial charge on any atom is -0.497 e. The van der Waals surface area contributed by atoms with Crippen LogP contribution in [-0.4, -0.2) is 40.7 Å². The first-order chi connectivity index (χ1) is 10.1. The third-order valence-corrected chi connectivity index (χ3v) is 3.68. The Morgan fingerprint density at radius 2 is 2.19 bits per heavy atom. The summed E-state index contributed by atoms with van der Waals surface area (Å²) in [6.07, 6.45) is 1.44. The standard InChI is InChI=1S/C13H13N3O4S/c1-20-9-4-2-8(3-5-9)7-14-16-13-15-11(17)6-10(21-13)12(18)19/h2-5,7,10H,6H2,1H3,(H,18,19)(H,15,16,17). The molecule has 1 aromatic carbocycles. The molecule has 8 heteroatoms. The largest absolute Gasteiger partial charge is 0.497 e. The summed E-state index contributed by atoms with van der Waals surface area (Å²) in [5.74, 6) is -0.681. The van der Waals surface area contributed by atoms with Crippen molar-refractivity contribution in [3.8, 4) is 5.75 Å². The van der Waals surface area contributed by atoms with Gasteiger partial charge in [-0.3, -0.25) is 9.59 Å². The number of carboxylic acids is 1. The average Bonchev–Trinajstić information content (AvgIpc) is 2.47. The van der Waals surface area contributed by atoms with Crippen LogP contribution in [-0.2, 0) is 9.59 Å². The fourth-order valence-electron chi connectivity index (χ4n) is 1.57. The fourth-order valence-corrected chi connectivity index (χ4v) is 2.44. The molecule has 1 unspecified atom stereocenters. The number of amides is 1. The molecule has 1 aromatic rings. The van der Waals surface area contributed by atoms with E-state index in [1.165, 1.54) is 6.21 Å². The van der Waals surface area contributed by atoms with Crippen LogP contribution in [0.25, 0.3) is 0 Å². The Kier molecular flexibility index (Phi) is 4.94. The van der Waals surface area contributed by atoms with Gasteiger partial charge in [-0.1, -0.05) is 11.8 Å². The first-order valence-electron chi connectivity index (χ1n) is 6.03. The van der Waals surface area contributed by atoms with Gasteiger partial charge in [-0.05, 0) is 29.8 Å². The molecule has 1 saturated heterocycles. The van der Waals surface area contributed by atoms with E-state index in [2.05, 4.69) is 15.5 Å². The summed E-state index contributed by atoms with van der Waals surface area (Å²) < 4.78 is 5.04. The number of carboxylic acid groups (broad SMARTS) is 1. The van der Waals surface area contributed by atoms with E-state index in [0.717, 1.165) is 23.1 Å². The van der Waals surface area contributed by atoms with Crippen molar-refractivity contribution in [2.75, 3.05) is 7.11 Å². The highest BCUT2D eigenvalue weighted by Gasteiger charge is 2.29. The number of aliphatic carboxylic acids is 1. The molecule has 0 radical (unpaired) electrons. The van der Waals surface area contributed by atoms with Crippen molar-refractivity contribution in [1.82, 2.24) is 5.32 Å². The highest BCUT2D eigenvalue weighted by molar-refractivity contribution is 8.15. The van der Waals surface area contributed by atoms with Gasteiger partial charge >= 0.3 is 5.97 Å². The van der Waals surface area contributed by atoms with Crippen LogP contribution in [0.15, 0.2) is 34.5 Å². The summed E-state index contributed by atoms with van der Waals surface area (Å²) in [7, 11) is 1.58. The molecule has 21 heavy (non-hydrogen) atoms. The van der Waals surface area contributed by atoms with Crippen molar-refractivity contribution < 1.29 is 19.4 Å². The number of ether oxygens (including phenoxy) is 1. The number of thioether (sulfide) groups is 1. The lowest BCUT2D eigenvalue weighted by Gasteiger charge is -2.18. The average molecular weight is 307 g/mol. The SMILES string of the molecule is COc1ccc(C=N/N=C2\NC(=O)CC(C(=O)O)S2)cc1. The number of amidine groups is 1. The Morgan fingerprint density at radius 3 is 2.81 bits per heavy atom. The Bertz CT molecular complexity index is 598. The highest BCUT2D eigenvalue weighted by Crippen LogP contribution is 2.20. The third kappa shape index (κ3) is 4.32. The molecule has 2 rings (SSSR count). The van der Waals surface area contributed by atoms with Crippen molar-refractivity contribution in [2.24, 2.45) is 10.2 Å². The normalized spacial score (nSPS) is 20.5. The Balaban J connectivity index is 2.03. The monoisotopic (exact) mass is 307 g/mol. The van der Waals surface area contributed by atoms with E-state index in [4.69, 9.17) is 9.84 Å². The lowest BCUT2D eigenvalue weighted by Crippen LogP contribution is -2.40. The number of hydrogen-bond acceptors (Lipinski definition) is 6. The lowest BCUT2D eigenvalue weighted by molar-refractivity contribution is -0.138. The van der Waals surface area contributed by atoms with E-state index in [9.17, 15) is 9.59 Å². The minimum absolute atomic E-state index is 0.0682. The maximum Gasteiger partial charge on any atom is 0.317 e.